The highest BCUT2D eigenvalue weighted by atomic mass is 32.2. The summed E-state index contributed by atoms with van der Waals surface area (Å²) in [5.41, 5.74) is 1.56. The van der Waals surface area contributed by atoms with Gasteiger partial charge in [-0.15, -0.1) is 11.8 Å². The Morgan fingerprint density at radius 3 is 2.33 bits per heavy atom. The highest BCUT2D eigenvalue weighted by Crippen LogP contribution is 2.47. The summed E-state index contributed by atoms with van der Waals surface area (Å²) >= 11 is 1.39. The molecule has 0 spiro atoms. The van der Waals surface area contributed by atoms with Crippen LogP contribution in [-0.4, -0.2) is 64.9 Å². The van der Waals surface area contributed by atoms with E-state index in [-0.39, 0.29) is 29.3 Å². The lowest BCUT2D eigenvalue weighted by molar-refractivity contribution is -0.130. The van der Waals surface area contributed by atoms with Crippen molar-refractivity contribution in [2.45, 2.75) is 62.3 Å². The molecule has 3 atom stereocenters. The Hall–Kier alpha value is -3.31. The minimum absolute atomic E-state index is 0.00717. The number of thioether (sulfide) groups is 1. The molecule has 0 fully saturated rings. The van der Waals surface area contributed by atoms with E-state index in [0.717, 1.165) is 24.9 Å². The van der Waals surface area contributed by atoms with Gasteiger partial charge >= 0.3 is 0 Å². The van der Waals surface area contributed by atoms with E-state index in [4.69, 9.17) is 9.26 Å². The number of sulfone groups is 1. The lowest BCUT2D eigenvalue weighted by Crippen LogP contribution is -2.42. The highest BCUT2D eigenvalue weighted by molar-refractivity contribution is 7.98. The van der Waals surface area contributed by atoms with Gasteiger partial charge in [0.05, 0.1) is 34.1 Å². The second-order valence-corrected chi connectivity index (χ2v) is 17.8. The van der Waals surface area contributed by atoms with Gasteiger partial charge in [-0.1, -0.05) is 75.2 Å². The van der Waals surface area contributed by atoms with Crippen molar-refractivity contribution in [2.24, 2.45) is 5.41 Å². The fraction of sp³-hybridized carbons (Fsp3) is 0.444. The summed E-state index contributed by atoms with van der Waals surface area (Å²) in [7, 11) is -6.82. The number of benzene rings is 3. The number of unbranched alkanes of at least 4 members (excludes halogenated alkanes) is 1. The number of carbonyl (C=O) groups excluding carboxylic acids is 2. The minimum Gasteiger partial charge on any atom is -0.483 e. The molecule has 0 aliphatic carbocycles. The predicted octanol–water partition coefficient (Wildman–Crippen LogP) is 7.17. The van der Waals surface area contributed by atoms with Gasteiger partial charge < -0.3 is 24.8 Å². The van der Waals surface area contributed by atoms with Crippen molar-refractivity contribution in [3.8, 4) is 5.75 Å². The number of hydrogen-bond donors (Lipinski definition) is 2. The van der Waals surface area contributed by atoms with Gasteiger partial charge in [-0.2, -0.15) is 0 Å². The Kier molecular flexibility index (Phi) is 13.4. The van der Waals surface area contributed by atoms with Gasteiger partial charge in [-0.05, 0) is 49.8 Å². The van der Waals surface area contributed by atoms with Gasteiger partial charge in [0.1, 0.15) is 11.8 Å². The summed E-state index contributed by atoms with van der Waals surface area (Å²) in [4.78, 5) is 29.5. The smallest absolute Gasteiger partial charge is 0.258 e. The summed E-state index contributed by atoms with van der Waals surface area (Å²) in [6, 6.07) is 20.8. The van der Waals surface area contributed by atoms with Gasteiger partial charge in [0.2, 0.25) is 13.3 Å². The first-order valence-electron chi connectivity index (χ1n) is 16.6. The van der Waals surface area contributed by atoms with Crippen molar-refractivity contribution in [3.63, 3.8) is 0 Å². The van der Waals surface area contributed by atoms with Crippen LogP contribution in [0.5, 0.6) is 5.75 Å². The maximum absolute atomic E-state index is 14.2. The predicted molar refractivity (Wildman–Crippen MR) is 197 cm³/mol. The highest BCUT2D eigenvalue weighted by Gasteiger charge is 2.42. The first-order chi connectivity index (χ1) is 23.4. The number of carbonyl (C=O) groups is 2. The topological polar surface area (TPSA) is 131 Å². The zero-order valence-corrected chi connectivity index (χ0v) is 31.5. The van der Waals surface area contributed by atoms with Crippen LogP contribution in [0.1, 0.15) is 58.1 Å². The third-order valence-corrected chi connectivity index (χ3v) is 13.0. The van der Waals surface area contributed by atoms with E-state index in [1.165, 1.54) is 18.4 Å². The number of anilines is 2. The zero-order valence-electron chi connectivity index (χ0n) is 28.9. The zero-order chi connectivity index (χ0) is 35.7. The molecule has 0 radical (unpaired) electrons. The van der Waals surface area contributed by atoms with E-state index in [2.05, 4.69) is 29.4 Å². The number of nitrogens with one attached hydrogen (secondary N) is 2. The number of nitrogens with zero attached hydrogens (tertiary/aromatic N) is 1. The first kappa shape index (κ1) is 38.5. The molecule has 2 N–H and O–H groups in total. The molecule has 4 rings (SSSR count). The fourth-order valence-electron chi connectivity index (χ4n) is 6.08. The monoisotopic (exact) mass is 729 g/mol. The van der Waals surface area contributed by atoms with Crippen LogP contribution in [0, 0.1) is 5.41 Å². The molecule has 49 heavy (non-hydrogen) atoms. The van der Waals surface area contributed by atoms with Crippen molar-refractivity contribution in [3.05, 3.63) is 78.4 Å². The molecule has 0 saturated heterocycles. The lowest BCUT2D eigenvalue weighted by atomic mass is 9.81. The van der Waals surface area contributed by atoms with Crippen molar-refractivity contribution in [1.82, 2.24) is 10.6 Å². The van der Waals surface area contributed by atoms with Gasteiger partial charge in [-0.3, -0.25) is 14.2 Å². The number of fused-ring (bicyclic) bond motifs is 1. The SMILES string of the molecule is CCCCC1(CC)CN(c2ccccc2)c2cc(SC)c(OCC(=O)NC(C(=O)NCP(C)(=O)OCC)c3ccccc3)cc2S(=O)(=O)C1. The largest absolute Gasteiger partial charge is 0.483 e. The van der Waals surface area contributed by atoms with E-state index in [0.29, 0.717) is 29.1 Å². The number of hydrogen-bond acceptors (Lipinski definition) is 9. The van der Waals surface area contributed by atoms with E-state index >= 15 is 0 Å². The normalized spacial score (nSPS) is 18.8. The summed E-state index contributed by atoms with van der Waals surface area (Å²) in [5.74, 6) is -0.868. The summed E-state index contributed by atoms with van der Waals surface area (Å²) in [6.45, 7) is 7.67. The van der Waals surface area contributed by atoms with Gasteiger partial charge in [0, 0.05) is 30.4 Å². The Labute approximate surface area is 295 Å². The molecule has 0 aromatic heterocycles. The van der Waals surface area contributed by atoms with Crippen molar-refractivity contribution in [2.75, 3.05) is 49.6 Å². The Balaban J connectivity index is 1.63. The summed E-state index contributed by atoms with van der Waals surface area (Å²) < 4.78 is 52.3. The van der Waals surface area contributed by atoms with E-state index < -0.39 is 47.1 Å². The standard InChI is InChI=1S/C36H48N3O7PS2/c1-6-9-20-36(7-2)24-39(28-18-14-11-15-19-28)29-21-31(48-5)30(22-32(29)49(43,44)25-36)45-23-33(40)38-34(27-16-12-10-13-17-27)35(41)37-26-47(4,42)46-8-3/h10-19,21-22,34H,6-9,20,23-26H2,1-5H3,(H,37,41)(H,38,40). The van der Waals surface area contributed by atoms with Crippen LogP contribution in [0.4, 0.5) is 11.4 Å². The molecule has 3 unspecified atom stereocenters. The molecule has 0 saturated carbocycles. The Bertz CT molecular complexity index is 1740. The fourth-order valence-corrected chi connectivity index (χ4v) is 9.88. The third kappa shape index (κ3) is 9.90. The van der Waals surface area contributed by atoms with E-state index in [1.54, 1.807) is 43.3 Å². The molecule has 2 amide bonds. The van der Waals surface area contributed by atoms with Gasteiger partial charge in [-0.25, -0.2) is 8.42 Å². The number of amides is 2. The van der Waals surface area contributed by atoms with E-state index in [9.17, 15) is 22.6 Å². The molecule has 266 valence electrons. The van der Waals surface area contributed by atoms with Crippen LogP contribution in [-0.2, 0) is 28.5 Å². The molecule has 13 heteroatoms. The molecular weight excluding hydrogens is 682 g/mol. The second kappa shape index (κ2) is 17.1. The van der Waals surface area contributed by atoms with E-state index in [1.807, 2.05) is 42.7 Å². The average molecular weight is 730 g/mol. The molecular formula is C36H48N3O7PS2. The molecule has 1 aliphatic rings. The van der Waals surface area contributed by atoms with Crippen LogP contribution < -0.4 is 20.3 Å². The number of ether oxygens (including phenoxy) is 1. The third-order valence-electron chi connectivity index (χ3n) is 8.74. The molecule has 1 heterocycles. The molecule has 1 aliphatic heterocycles. The second-order valence-electron chi connectivity index (χ2n) is 12.4. The van der Waals surface area contributed by atoms with Crippen LogP contribution in [0.25, 0.3) is 0 Å². The van der Waals surface area contributed by atoms with Crippen LogP contribution >= 0.6 is 19.1 Å². The van der Waals surface area contributed by atoms with Crippen LogP contribution in [0.15, 0.2) is 82.6 Å². The number of rotatable bonds is 16. The van der Waals surface area contributed by atoms with Crippen LogP contribution in [0.2, 0.25) is 0 Å². The first-order valence-corrected chi connectivity index (χ1v) is 21.7. The average Bonchev–Trinajstić information content (AvgIpc) is 3.19. The molecule has 10 nitrogen and oxygen atoms in total. The minimum atomic E-state index is -3.76. The summed E-state index contributed by atoms with van der Waals surface area (Å²) in [5, 5.41) is 5.36. The molecule has 0 bridgehead atoms. The summed E-state index contributed by atoms with van der Waals surface area (Å²) in [6.07, 6.45) is 5.07. The van der Waals surface area contributed by atoms with Gasteiger partial charge in [0.25, 0.3) is 5.91 Å². The van der Waals surface area contributed by atoms with Crippen molar-refractivity contribution < 1.29 is 31.8 Å². The van der Waals surface area contributed by atoms with Crippen molar-refractivity contribution >= 4 is 52.2 Å². The quantitative estimate of drug-likeness (QED) is 0.116. The van der Waals surface area contributed by atoms with Crippen molar-refractivity contribution in [1.29, 1.82) is 0 Å². The maximum Gasteiger partial charge on any atom is 0.258 e. The Morgan fingerprint density at radius 1 is 1.04 bits per heavy atom. The molecule has 3 aromatic rings. The van der Waals surface area contributed by atoms with Crippen LogP contribution in [0.3, 0.4) is 0 Å². The lowest BCUT2D eigenvalue weighted by Gasteiger charge is -2.36. The Morgan fingerprint density at radius 2 is 1.71 bits per heavy atom. The number of para-hydroxylation sites is 1. The van der Waals surface area contributed by atoms with Gasteiger partial charge in [0.15, 0.2) is 16.4 Å². The maximum atomic E-state index is 14.2. The molecule has 3 aromatic carbocycles.